The molecule has 3 nitrogen and oxygen atoms in total. The van der Waals surface area contributed by atoms with Crippen LogP contribution in [0.5, 0.6) is 0 Å². The van der Waals surface area contributed by atoms with Crippen LogP contribution >= 0.6 is 15.9 Å². The second-order valence-electron chi connectivity index (χ2n) is 3.32. The summed E-state index contributed by atoms with van der Waals surface area (Å²) in [6, 6.07) is 4.22. The molecule has 0 saturated carbocycles. The van der Waals surface area contributed by atoms with Crippen molar-refractivity contribution in [2.24, 2.45) is 0 Å². The molecule has 1 aromatic rings. The number of hydrogen-bond acceptors (Lipinski definition) is 3. The molecule has 1 rings (SSSR count). The third-order valence-corrected chi connectivity index (χ3v) is 8.89. The van der Waals surface area contributed by atoms with E-state index in [4.69, 9.17) is 0 Å². The number of rotatable bonds is 4. The molecule has 0 saturated heterocycles. The van der Waals surface area contributed by atoms with Crippen molar-refractivity contribution in [3.05, 3.63) is 28.7 Å². The van der Waals surface area contributed by atoms with Crippen LogP contribution in [0.4, 0.5) is 13.2 Å². The fraction of sp³-hybridized carbons (Fsp3) is 0.333. The van der Waals surface area contributed by atoms with Crippen molar-refractivity contribution in [1.29, 1.82) is 0 Å². The molecule has 0 aliphatic heterocycles. The van der Waals surface area contributed by atoms with Crippen LogP contribution in [0.1, 0.15) is 6.92 Å². The first kappa shape index (κ1) is 16.2. The summed E-state index contributed by atoms with van der Waals surface area (Å²) in [6.45, 7) is 0.898. The average molecular weight is 459 g/mol. The van der Waals surface area contributed by atoms with Crippen LogP contribution in [-0.2, 0) is 7.01 Å². The van der Waals surface area contributed by atoms with Gasteiger partial charge in [-0.25, -0.2) is 0 Å². The summed E-state index contributed by atoms with van der Waals surface area (Å²) in [7, 11) is -3.69. The molecule has 0 amide bonds. The molecule has 104 valence electrons. The summed E-state index contributed by atoms with van der Waals surface area (Å²) in [5.74, 6) is 0. The third kappa shape index (κ3) is 4.35. The molecule has 1 N–H and O–H groups in total. The molecule has 1 aromatic carbocycles. The molecule has 0 aliphatic carbocycles. The first-order valence-corrected chi connectivity index (χ1v) is 10.5. The van der Waals surface area contributed by atoms with Crippen LogP contribution < -0.4 is 23.6 Å². The van der Waals surface area contributed by atoms with Gasteiger partial charge in [0.15, 0.2) is 0 Å². The molecule has 0 aromatic heterocycles. The van der Waals surface area contributed by atoms with Crippen LogP contribution in [0, 0.1) is 0 Å². The molecule has 18 heavy (non-hydrogen) atoms. The molecule has 0 spiro atoms. The van der Waals surface area contributed by atoms with Crippen molar-refractivity contribution in [3.8, 4) is 0 Å². The Hall–Kier alpha value is 0.130. The normalized spacial score (nSPS) is 14.7. The van der Waals surface area contributed by atoms with Crippen molar-refractivity contribution in [3.63, 3.8) is 0 Å². The van der Waals surface area contributed by atoms with E-state index in [0.29, 0.717) is 4.47 Å². The minimum absolute atomic E-state index is 0.0136. The first-order valence-electron chi connectivity index (χ1n) is 4.62. The van der Waals surface area contributed by atoms with Crippen LogP contribution in [0.3, 0.4) is 0 Å². The van der Waals surface area contributed by atoms with Gasteiger partial charge >= 0.3 is 121 Å². The van der Waals surface area contributed by atoms with E-state index in [9.17, 15) is 21.6 Å². The van der Waals surface area contributed by atoms with Gasteiger partial charge in [-0.05, 0) is 0 Å². The van der Waals surface area contributed by atoms with Crippen LogP contribution in [0.25, 0.3) is 0 Å². The SMILES string of the molecule is CC(N[I-]S(=O)(=O)c1ccccc1Br)C(F)(F)F. The molecule has 0 fully saturated rings. The van der Waals surface area contributed by atoms with Gasteiger partial charge in [-0.15, -0.1) is 0 Å². The minimum atomic E-state index is -4.44. The standard InChI is InChI=1S/C9H9BrF3INO2S/c1-6(9(11,12)13)15-14-18(16,17)8-5-3-2-4-7(8)10/h2-6,15H,1H3/q-1. The molecule has 0 heterocycles. The third-order valence-electron chi connectivity index (χ3n) is 1.90. The number of halogens is 5. The van der Waals surface area contributed by atoms with Gasteiger partial charge in [-0.3, -0.25) is 0 Å². The summed E-state index contributed by atoms with van der Waals surface area (Å²) in [5, 5.41) is 0. The zero-order valence-corrected chi connectivity index (χ0v) is 13.6. The zero-order valence-electron chi connectivity index (χ0n) is 9.00. The van der Waals surface area contributed by atoms with Crippen LogP contribution in [0.2, 0.25) is 0 Å². The summed E-state index contributed by atoms with van der Waals surface area (Å²) in [5.41, 5.74) is 0. The average Bonchev–Trinajstić information content (AvgIpc) is 2.25. The van der Waals surface area contributed by atoms with E-state index in [-0.39, 0.29) is 4.90 Å². The second-order valence-corrected chi connectivity index (χ2v) is 11.1. The number of nitrogens with one attached hydrogen (secondary N) is 1. The summed E-state index contributed by atoms with van der Waals surface area (Å²) < 4.78 is 62.9. The van der Waals surface area contributed by atoms with Gasteiger partial charge in [0.05, 0.1) is 0 Å². The summed E-state index contributed by atoms with van der Waals surface area (Å²) in [4.78, 5) is 0.0136. The Bertz CT molecular complexity index is 521. The molecule has 1 atom stereocenters. The van der Waals surface area contributed by atoms with E-state index in [1.165, 1.54) is 18.2 Å². The number of benzene rings is 1. The van der Waals surface area contributed by atoms with E-state index >= 15 is 0 Å². The molecule has 0 radical (unpaired) electrons. The Morgan fingerprint density at radius 3 is 2.39 bits per heavy atom. The van der Waals surface area contributed by atoms with E-state index < -0.39 is 39.3 Å². The van der Waals surface area contributed by atoms with Crippen LogP contribution in [-0.4, -0.2) is 20.6 Å². The van der Waals surface area contributed by atoms with E-state index in [1.54, 1.807) is 6.07 Å². The van der Waals surface area contributed by atoms with Crippen molar-refractivity contribution in [1.82, 2.24) is 3.53 Å². The molecule has 9 heteroatoms. The van der Waals surface area contributed by atoms with Gasteiger partial charge in [0, 0.05) is 0 Å². The zero-order chi connectivity index (χ0) is 14.0. The topological polar surface area (TPSA) is 46.2 Å². The van der Waals surface area contributed by atoms with Crippen LogP contribution in [0.15, 0.2) is 33.6 Å². The Balaban J connectivity index is 2.82. The predicted octanol–water partition coefficient (Wildman–Crippen LogP) is -0.318. The van der Waals surface area contributed by atoms with Crippen molar-refractivity contribution in [2.45, 2.75) is 24.0 Å². The van der Waals surface area contributed by atoms with Crippen molar-refractivity contribution in [2.75, 3.05) is 0 Å². The van der Waals surface area contributed by atoms with Gasteiger partial charge in [0.25, 0.3) is 0 Å². The monoisotopic (exact) mass is 458 g/mol. The first-order chi connectivity index (χ1) is 8.14. The Kier molecular flexibility index (Phi) is 5.44. The maximum atomic E-state index is 12.3. The van der Waals surface area contributed by atoms with E-state index in [0.717, 1.165) is 6.92 Å². The van der Waals surface area contributed by atoms with Crippen molar-refractivity contribution >= 4 is 22.9 Å². The fourth-order valence-electron chi connectivity index (χ4n) is 0.871. The fourth-order valence-corrected chi connectivity index (χ4v) is 7.94. The molecule has 1 unspecified atom stereocenters. The molecule has 0 aliphatic rings. The number of alkyl halides is 3. The van der Waals surface area contributed by atoms with Gasteiger partial charge in [-0.2, -0.15) is 0 Å². The summed E-state index contributed by atoms with van der Waals surface area (Å²) in [6.07, 6.45) is -4.44. The molecular formula is C9H9BrF3INO2S-. The predicted molar refractivity (Wildman–Crippen MR) is 60.0 cm³/mol. The van der Waals surface area contributed by atoms with Crippen molar-refractivity contribution < 1.29 is 41.7 Å². The van der Waals surface area contributed by atoms with E-state index in [1.807, 2.05) is 0 Å². The Morgan fingerprint density at radius 2 is 1.89 bits per heavy atom. The van der Waals surface area contributed by atoms with Gasteiger partial charge < -0.3 is 0 Å². The van der Waals surface area contributed by atoms with Gasteiger partial charge in [0.1, 0.15) is 0 Å². The Morgan fingerprint density at radius 1 is 1.33 bits per heavy atom. The van der Waals surface area contributed by atoms with E-state index in [2.05, 4.69) is 19.5 Å². The molecule has 0 bridgehead atoms. The summed E-state index contributed by atoms with van der Waals surface area (Å²) >= 11 is 1.22. The maximum absolute atomic E-state index is 12.3. The molecular weight excluding hydrogens is 450 g/mol. The van der Waals surface area contributed by atoms with Gasteiger partial charge in [-0.1, -0.05) is 0 Å². The second kappa shape index (κ2) is 6.06. The quantitative estimate of drug-likeness (QED) is 0.382. The van der Waals surface area contributed by atoms with Gasteiger partial charge in [0.2, 0.25) is 0 Å². The number of hydrogen-bond donors (Lipinski definition) is 1. The Labute approximate surface area is 120 Å².